The molecule has 0 aliphatic heterocycles. The number of hydrogen-bond acceptors (Lipinski definition) is 4. The Labute approximate surface area is 68.0 Å². The number of aromatic nitrogens is 2. The van der Waals surface area contributed by atoms with Crippen LogP contribution in [0.1, 0.15) is 10.0 Å². The molecule has 1 aromatic heterocycles. The average Bonchev–Trinajstić information content (AvgIpc) is 2.37. The summed E-state index contributed by atoms with van der Waals surface area (Å²) in [6.45, 7) is 0.522. The standard InChI is InChI=1S/C5H7ClN2OS/c1-9-3-5-8-7-4(2-6)10-5/h2-3H2,1H3. The predicted molar refractivity (Wildman–Crippen MR) is 40.2 cm³/mol. The van der Waals surface area contributed by atoms with E-state index in [4.69, 9.17) is 16.3 Å². The topological polar surface area (TPSA) is 35.0 Å². The van der Waals surface area contributed by atoms with Gasteiger partial charge < -0.3 is 4.74 Å². The van der Waals surface area contributed by atoms with Gasteiger partial charge in [-0.2, -0.15) is 0 Å². The smallest absolute Gasteiger partial charge is 0.143 e. The summed E-state index contributed by atoms with van der Waals surface area (Å²) >= 11 is 6.99. The van der Waals surface area contributed by atoms with Crippen molar-refractivity contribution in [2.45, 2.75) is 12.5 Å². The van der Waals surface area contributed by atoms with Crippen molar-refractivity contribution in [3.8, 4) is 0 Å². The van der Waals surface area contributed by atoms with Gasteiger partial charge in [-0.25, -0.2) is 0 Å². The second kappa shape index (κ2) is 3.85. The first-order valence-electron chi connectivity index (χ1n) is 2.73. The minimum absolute atomic E-state index is 0.432. The van der Waals surface area contributed by atoms with E-state index in [0.29, 0.717) is 12.5 Å². The van der Waals surface area contributed by atoms with E-state index in [-0.39, 0.29) is 0 Å². The summed E-state index contributed by atoms with van der Waals surface area (Å²) in [5, 5.41) is 9.36. The molecule has 1 heterocycles. The van der Waals surface area contributed by atoms with E-state index in [9.17, 15) is 0 Å². The number of alkyl halides is 1. The summed E-state index contributed by atoms with van der Waals surface area (Å²) in [4.78, 5) is 0. The highest BCUT2D eigenvalue weighted by Crippen LogP contribution is 2.11. The number of hydrogen-bond donors (Lipinski definition) is 0. The van der Waals surface area contributed by atoms with Crippen molar-refractivity contribution in [3.63, 3.8) is 0 Å². The lowest BCUT2D eigenvalue weighted by molar-refractivity contribution is 0.184. The van der Waals surface area contributed by atoms with E-state index in [1.807, 2.05) is 0 Å². The van der Waals surface area contributed by atoms with E-state index in [1.54, 1.807) is 7.11 Å². The quantitative estimate of drug-likeness (QED) is 0.657. The lowest BCUT2D eigenvalue weighted by Crippen LogP contribution is -1.84. The van der Waals surface area contributed by atoms with Crippen LogP contribution in [-0.4, -0.2) is 17.3 Å². The Kier molecular flexibility index (Phi) is 3.05. The van der Waals surface area contributed by atoms with Crippen molar-refractivity contribution < 1.29 is 4.74 Å². The van der Waals surface area contributed by atoms with Crippen molar-refractivity contribution >= 4 is 22.9 Å². The number of ether oxygens (including phenoxy) is 1. The molecule has 1 rings (SSSR count). The Hall–Kier alpha value is -0.190. The maximum atomic E-state index is 5.51. The number of halogens is 1. The van der Waals surface area contributed by atoms with E-state index in [1.165, 1.54) is 11.3 Å². The molecule has 0 atom stereocenters. The van der Waals surface area contributed by atoms with Crippen molar-refractivity contribution in [1.82, 2.24) is 10.2 Å². The van der Waals surface area contributed by atoms with Crippen LogP contribution in [0.2, 0.25) is 0 Å². The zero-order valence-electron chi connectivity index (χ0n) is 5.50. The number of rotatable bonds is 3. The van der Waals surface area contributed by atoms with Gasteiger partial charge >= 0.3 is 0 Å². The van der Waals surface area contributed by atoms with Crippen LogP contribution in [0.15, 0.2) is 0 Å². The van der Waals surface area contributed by atoms with Crippen LogP contribution in [-0.2, 0) is 17.2 Å². The lowest BCUT2D eigenvalue weighted by Gasteiger charge is -1.86. The van der Waals surface area contributed by atoms with Gasteiger partial charge in [-0.05, 0) is 0 Å². The average molecular weight is 179 g/mol. The minimum atomic E-state index is 0.432. The summed E-state index contributed by atoms with van der Waals surface area (Å²) < 4.78 is 4.85. The molecule has 0 unspecified atom stereocenters. The zero-order valence-corrected chi connectivity index (χ0v) is 7.08. The molecule has 0 saturated heterocycles. The molecule has 0 bridgehead atoms. The number of methoxy groups -OCH3 is 1. The normalized spacial score (nSPS) is 10.2. The van der Waals surface area contributed by atoms with Crippen LogP contribution in [0.4, 0.5) is 0 Å². The molecule has 0 amide bonds. The fourth-order valence-corrected chi connectivity index (χ4v) is 1.41. The third kappa shape index (κ3) is 1.90. The molecule has 0 aliphatic carbocycles. The van der Waals surface area contributed by atoms with Gasteiger partial charge in [0.05, 0.1) is 12.5 Å². The summed E-state index contributed by atoms with van der Waals surface area (Å²) in [6.07, 6.45) is 0. The maximum absolute atomic E-state index is 5.51. The first-order valence-corrected chi connectivity index (χ1v) is 4.08. The molecular formula is C5H7ClN2OS. The minimum Gasteiger partial charge on any atom is -0.377 e. The molecule has 0 saturated carbocycles. The predicted octanol–water partition coefficient (Wildman–Crippen LogP) is 1.42. The second-order valence-electron chi connectivity index (χ2n) is 1.66. The zero-order chi connectivity index (χ0) is 7.40. The molecule has 0 aliphatic rings. The molecular weight excluding hydrogens is 172 g/mol. The van der Waals surface area contributed by atoms with Gasteiger partial charge in [0.25, 0.3) is 0 Å². The Morgan fingerprint density at radius 2 is 2.20 bits per heavy atom. The molecule has 10 heavy (non-hydrogen) atoms. The molecule has 0 N–H and O–H groups in total. The van der Waals surface area contributed by atoms with Gasteiger partial charge in [-0.3, -0.25) is 0 Å². The molecule has 0 spiro atoms. The third-order valence-corrected chi connectivity index (χ3v) is 2.20. The fraction of sp³-hybridized carbons (Fsp3) is 0.600. The first-order chi connectivity index (χ1) is 4.86. The summed E-state index contributed by atoms with van der Waals surface area (Å²) in [7, 11) is 1.63. The third-order valence-electron chi connectivity index (χ3n) is 0.891. The van der Waals surface area contributed by atoms with Gasteiger partial charge in [0.2, 0.25) is 0 Å². The maximum Gasteiger partial charge on any atom is 0.143 e. The van der Waals surface area contributed by atoms with Gasteiger partial charge in [-0.15, -0.1) is 21.8 Å². The molecule has 3 nitrogen and oxygen atoms in total. The molecule has 0 fully saturated rings. The summed E-state index contributed by atoms with van der Waals surface area (Å²) in [6, 6.07) is 0. The van der Waals surface area contributed by atoms with Crippen molar-refractivity contribution in [2.24, 2.45) is 0 Å². The van der Waals surface area contributed by atoms with Gasteiger partial charge in [0.1, 0.15) is 10.0 Å². The van der Waals surface area contributed by atoms with Crippen molar-refractivity contribution in [2.75, 3.05) is 7.11 Å². The van der Waals surface area contributed by atoms with Gasteiger partial charge in [-0.1, -0.05) is 11.3 Å². The van der Waals surface area contributed by atoms with Gasteiger partial charge in [0.15, 0.2) is 0 Å². The first kappa shape index (κ1) is 7.91. The monoisotopic (exact) mass is 178 g/mol. The molecule has 5 heteroatoms. The van der Waals surface area contributed by atoms with Crippen LogP contribution in [0.25, 0.3) is 0 Å². The van der Waals surface area contributed by atoms with Crippen LogP contribution in [0.5, 0.6) is 0 Å². The fourth-order valence-electron chi connectivity index (χ4n) is 0.524. The van der Waals surface area contributed by atoms with Crippen LogP contribution < -0.4 is 0 Å². The number of nitrogens with zero attached hydrogens (tertiary/aromatic N) is 2. The van der Waals surface area contributed by atoms with E-state index < -0.39 is 0 Å². The SMILES string of the molecule is COCc1nnc(CCl)s1. The lowest BCUT2D eigenvalue weighted by atomic mass is 10.8. The highest BCUT2D eigenvalue weighted by molar-refractivity contribution is 7.11. The molecule has 56 valence electrons. The van der Waals surface area contributed by atoms with Crippen molar-refractivity contribution in [3.05, 3.63) is 10.0 Å². The Bertz CT molecular complexity index is 203. The van der Waals surface area contributed by atoms with E-state index >= 15 is 0 Å². The Balaban J connectivity index is 2.59. The summed E-state index contributed by atoms with van der Waals surface area (Å²) in [5.41, 5.74) is 0. The Morgan fingerprint density at radius 3 is 2.70 bits per heavy atom. The second-order valence-corrected chi connectivity index (χ2v) is 3.07. The van der Waals surface area contributed by atoms with Gasteiger partial charge in [0, 0.05) is 7.11 Å². The van der Waals surface area contributed by atoms with Crippen LogP contribution in [0.3, 0.4) is 0 Å². The van der Waals surface area contributed by atoms with Crippen LogP contribution in [0, 0.1) is 0 Å². The Morgan fingerprint density at radius 1 is 1.50 bits per heavy atom. The van der Waals surface area contributed by atoms with Crippen LogP contribution >= 0.6 is 22.9 Å². The highest BCUT2D eigenvalue weighted by Gasteiger charge is 2.00. The highest BCUT2D eigenvalue weighted by atomic mass is 35.5. The molecule has 1 aromatic rings. The van der Waals surface area contributed by atoms with E-state index in [2.05, 4.69) is 10.2 Å². The largest absolute Gasteiger partial charge is 0.377 e. The summed E-state index contributed by atoms with van der Waals surface area (Å²) in [5.74, 6) is 0.432. The molecule has 0 radical (unpaired) electrons. The van der Waals surface area contributed by atoms with Crippen molar-refractivity contribution in [1.29, 1.82) is 0 Å². The molecule has 0 aromatic carbocycles. The van der Waals surface area contributed by atoms with E-state index in [0.717, 1.165) is 10.0 Å².